The van der Waals surface area contributed by atoms with E-state index in [1.54, 1.807) is 0 Å². The summed E-state index contributed by atoms with van der Waals surface area (Å²) < 4.78 is 75.8. The summed E-state index contributed by atoms with van der Waals surface area (Å²) in [7, 11) is -2.02. The van der Waals surface area contributed by atoms with Crippen molar-refractivity contribution in [2.24, 2.45) is 5.14 Å². The van der Waals surface area contributed by atoms with E-state index >= 15 is 0 Å². The van der Waals surface area contributed by atoms with Gasteiger partial charge < -0.3 is 0 Å². The summed E-state index contributed by atoms with van der Waals surface area (Å²) in [6.45, 7) is 2.60. The highest BCUT2D eigenvalue weighted by atomic mass is 79.9. The van der Waals surface area contributed by atoms with E-state index in [1.807, 2.05) is 0 Å². The van der Waals surface area contributed by atoms with Crippen molar-refractivity contribution < 1.29 is 26.2 Å². The molecule has 2 nitrogen and oxygen atoms in total. The highest BCUT2D eigenvalue weighted by molar-refractivity contribution is 9.10. The highest BCUT2D eigenvalue weighted by Gasteiger charge is 2.45. The fourth-order valence-electron chi connectivity index (χ4n) is 1.77. The Hall–Kier alpha value is -0.540. The molecule has 0 saturated carbocycles. The number of rotatable bonds is 4. The van der Waals surface area contributed by atoms with Crippen molar-refractivity contribution in [1.82, 2.24) is 0 Å². The molecule has 0 aliphatic carbocycles. The van der Waals surface area contributed by atoms with Crippen LogP contribution in [0.25, 0.3) is 0 Å². The summed E-state index contributed by atoms with van der Waals surface area (Å²) in [5, 5.41) is 5.17. The Morgan fingerprint density at radius 2 is 1.67 bits per heavy atom. The van der Waals surface area contributed by atoms with Crippen LogP contribution in [0.2, 0.25) is 0 Å². The molecule has 1 aromatic rings. The molecule has 21 heavy (non-hydrogen) atoms. The smallest absolute Gasteiger partial charge is 0.251 e. The van der Waals surface area contributed by atoms with Crippen LogP contribution in [0.3, 0.4) is 0 Å². The lowest BCUT2D eigenvalue weighted by atomic mass is 9.89. The predicted octanol–water partition coefficient (Wildman–Crippen LogP) is 4.16. The van der Waals surface area contributed by atoms with Gasteiger partial charge in [0.25, 0.3) is 0 Å². The first-order chi connectivity index (χ1) is 9.36. The lowest BCUT2D eigenvalue weighted by molar-refractivity contribution is -0.153. The number of benzene rings is 1. The molecule has 0 bridgehead atoms. The van der Waals surface area contributed by atoms with Gasteiger partial charge >= 0.3 is 6.18 Å². The Labute approximate surface area is 129 Å². The SMILES string of the molecule is CC(C)(C[C@@H](c1cc(F)c(Br)c(F)c1)C(F)(F)F)S(N)=O. The largest absolute Gasteiger partial charge is 0.395 e. The van der Waals surface area contributed by atoms with Gasteiger partial charge in [0, 0.05) is 0 Å². The van der Waals surface area contributed by atoms with Crippen molar-refractivity contribution in [2.45, 2.75) is 37.1 Å². The third kappa shape index (κ3) is 4.46. The first kappa shape index (κ1) is 18.5. The van der Waals surface area contributed by atoms with Gasteiger partial charge in [-0.1, -0.05) is 0 Å². The van der Waals surface area contributed by atoms with Crippen LogP contribution in [0.4, 0.5) is 22.0 Å². The van der Waals surface area contributed by atoms with Crippen molar-refractivity contribution in [3.63, 3.8) is 0 Å². The van der Waals surface area contributed by atoms with E-state index in [0.717, 1.165) is 0 Å². The fraction of sp³-hybridized carbons (Fsp3) is 0.500. The maximum atomic E-state index is 13.4. The Kier molecular flexibility index (Phi) is 5.55. The van der Waals surface area contributed by atoms with E-state index < -0.39 is 55.9 Å². The molecule has 0 radical (unpaired) electrons. The van der Waals surface area contributed by atoms with Gasteiger partial charge in [0.2, 0.25) is 0 Å². The van der Waals surface area contributed by atoms with Crippen LogP contribution in [0.15, 0.2) is 16.6 Å². The molecule has 0 aliphatic rings. The number of nitrogens with two attached hydrogens (primary N) is 1. The Morgan fingerprint density at radius 3 is 2.00 bits per heavy atom. The number of halogens is 6. The molecule has 0 spiro atoms. The average Bonchev–Trinajstić information content (AvgIpc) is 2.31. The average molecular weight is 394 g/mol. The number of hydrogen-bond acceptors (Lipinski definition) is 1. The third-order valence-corrected chi connectivity index (χ3v) is 5.06. The zero-order valence-electron chi connectivity index (χ0n) is 11.1. The molecule has 2 N–H and O–H groups in total. The zero-order valence-corrected chi connectivity index (χ0v) is 13.5. The van der Waals surface area contributed by atoms with Crippen molar-refractivity contribution in [2.75, 3.05) is 0 Å². The molecule has 1 unspecified atom stereocenters. The van der Waals surface area contributed by atoms with Gasteiger partial charge in [-0.15, -0.1) is 0 Å². The van der Waals surface area contributed by atoms with Gasteiger partial charge in [0.15, 0.2) is 0 Å². The van der Waals surface area contributed by atoms with Crippen LogP contribution in [0.1, 0.15) is 31.7 Å². The van der Waals surface area contributed by atoms with Crippen molar-refractivity contribution in [3.8, 4) is 0 Å². The van der Waals surface area contributed by atoms with Gasteiger partial charge in [-0.3, -0.25) is 5.14 Å². The van der Waals surface area contributed by atoms with Crippen LogP contribution < -0.4 is 5.14 Å². The van der Waals surface area contributed by atoms with E-state index in [9.17, 15) is 26.2 Å². The first-order valence-electron chi connectivity index (χ1n) is 5.73. The minimum Gasteiger partial charge on any atom is -0.251 e. The summed E-state index contributed by atoms with van der Waals surface area (Å²) in [6, 6.07) is 1.22. The van der Waals surface area contributed by atoms with Gasteiger partial charge in [-0.25, -0.2) is 13.0 Å². The number of hydrogen-bond donors (Lipinski definition) is 1. The second-order valence-electron chi connectivity index (χ2n) is 5.15. The second kappa shape index (κ2) is 6.29. The van der Waals surface area contributed by atoms with E-state index in [2.05, 4.69) is 15.9 Å². The molecule has 2 atom stereocenters. The molecule has 9 heteroatoms. The summed E-state index contributed by atoms with van der Waals surface area (Å²) >= 11 is 2.60. The van der Waals surface area contributed by atoms with Crippen LogP contribution in [0.5, 0.6) is 0 Å². The van der Waals surface area contributed by atoms with Crippen molar-refractivity contribution in [1.29, 1.82) is 0 Å². The van der Waals surface area contributed by atoms with E-state index in [4.69, 9.17) is 5.14 Å². The molecule has 120 valence electrons. The maximum absolute atomic E-state index is 13.4. The minimum absolute atomic E-state index is 0.533. The predicted molar refractivity (Wildman–Crippen MR) is 73.9 cm³/mol. The zero-order chi connectivity index (χ0) is 16.6. The number of alkyl halides is 3. The molecule has 0 aliphatic heterocycles. The van der Waals surface area contributed by atoms with Crippen LogP contribution in [0, 0.1) is 11.6 Å². The van der Waals surface area contributed by atoms with Crippen LogP contribution in [-0.4, -0.2) is 15.1 Å². The normalized spacial score (nSPS) is 15.9. The molecular formula is C12H13BrF5NOS. The fourth-order valence-corrected chi connectivity index (χ4v) is 2.33. The third-order valence-electron chi connectivity index (χ3n) is 3.04. The maximum Gasteiger partial charge on any atom is 0.395 e. The van der Waals surface area contributed by atoms with E-state index in [1.165, 1.54) is 13.8 Å². The Morgan fingerprint density at radius 1 is 1.24 bits per heavy atom. The topological polar surface area (TPSA) is 43.1 Å². The molecule has 0 heterocycles. The van der Waals surface area contributed by atoms with Gasteiger partial charge in [0.05, 0.1) is 26.1 Å². The van der Waals surface area contributed by atoms with E-state index in [-0.39, 0.29) is 0 Å². The van der Waals surface area contributed by atoms with Crippen LogP contribution in [-0.2, 0) is 11.0 Å². The summed E-state index contributed by atoms with van der Waals surface area (Å²) in [4.78, 5) is 0. The molecule has 1 rings (SSSR count). The van der Waals surface area contributed by atoms with Crippen molar-refractivity contribution in [3.05, 3.63) is 33.8 Å². The van der Waals surface area contributed by atoms with Gasteiger partial charge in [0.1, 0.15) is 11.6 Å². The monoisotopic (exact) mass is 393 g/mol. The molecule has 0 aromatic heterocycles. The highest BCUT2D eigenvalue weighted by Crippen LogP contribution is 2.42. The molecule has 0 saturated heterocycles. The van der Waals surface area contributed by atoms with Gasteiger partial charge in [-0.2, -0.15) is 13.2 Å². The lowest BCUT2D eigenvalue weighted by Crippen LogP contribution is -2.37. The van der Waals surface area contributed by atoms with Crippen molar-refractivity contribution >= 4 is 26.9 Å². The van der Waals surface area contributed by atoms with E-state index in [0.29, 0.717) is 12.1 Å². The van der Waals surface area contributed by atoms with Gasteiger partial charge in [-0.05, 0) is 53.9 Å². The molecule has 0 fully saturated rings. The summed E-state index contributed by atoms with van der Waals surface area (Å²) in [6.07, 6.45) is -5.40. The first-order valence-corrected chi connectivity index (χ1v) is 7.74. The Balaban J connectivity index is 3.31. The lowest BCUT2D eigenvalue weighted by Gasteiger charge is -2.29. The molecule has 0 amide bonds. The standard InChI is InChI=1S/C12H13BrF5NOS/c1-11(2,21(19)20)5-7(12(16,17)18)6-3-8(14)10(13)9(15)4-6/h3-4,7H,5,19H2,1-2H3/t7-,21?/m0/s1. The second-order valence-corrected chi connectivity index (χ2v) is 7.65. The summed E-state index contributed by atoms with van der Waals surface area (Å²) in [5.41, 5.74) is -0.570. The minimum atomic E-state index is -4.75. The summed E-state index contributed by atoms with van der Waals surface area (Å²) in [5.74, 6) is -4.44. The Bertz CT molecular complexity index is 538. The quantitative estimate of drug-likeness (QED) is 0.605. The van der Waals surface area contributed by atoms with Crippen LogP contribution >= 0.6 is 15.9 Å². The molecular weight excluding hydrogens is 381 g/mol. The molecule has 1 aromatic carbocycles.